The summed E-state index contributed by atoms with van der Waals surface area (Å²) >= 11 is 0. The highest BCUT2D eigenvalue weighted by atomic mass is 16.3. The first kappa shape index (κ1) is 6.16. The molecule has 1 aliphatic heterocycles. The van der Waals surface area contributed by atoms with E-state index in [4.69, 9.17) is 5.11 Å². The molecule has 1 saturated heterocycles. The third-order valence-corrected chi connectivity index (χ3v) is 2.63. The zero-order valence-electron chi connectivity index (χ0n) is 5.79. The lowest BCUT2D eigenvalue weighted by molar-refractivity contribution is -0.160. The van der Waals surface area contributed by atoms with Crippen molar-refractivity contribution in [3.63, 3.8) is 0 Å². The molecule has 3 heteroatoms. The molecule has 1 amide bonds. The predicted octanol–water partition coefficient (Wildman–Crippen LogP) is -0.0529. The molecule has 2 rings (SSSR count). The fourth-order valence-corrected chi connectivity index (χ4v) is 2.07. The van der Waals surface area contributed by atoms with Crippen LogP contribution in [0.2, 0.25) is 0 Å². The highest BCUT2D eigenvalue weighted by molar-refractivity contribution is 5.86. The van der Waals surface area contributed by atoms with Gasteiger partial charge in [0.25, 0.3) is 0 Å². The molecule has 0 radical (unpaired) electrons. The number of hydrogen-bond acceptors (Lipinski definition) is 2. The van der Waals surface area contributed by atoms with Crippen LogP contribution < -0.4 is 0 Å². The number of carbonyl (C=O) groups is 1. The summed E-state index contributed by atoms with van der Waals surface area (Å²) in [7, 11) is 0. The molecule has 1 aliphatic carbocycles. The molecule has 1 saturated carbocycles. The van der Waals surface area contributed by atoms with Crippen molar-refractivity contribution in [2.24, 2.45) is 5.92 Å². The summed E-state index contributed by atoms with van der Waals surface area (Å²) in [6, 6.07) is 0.387. The SMILES string of the molecule is O=C1[C@@H]2CCC[C@@H]2N1CO. The quantitative estimate of drug-likeness (QED) is 0.520. The van der Waals surface area contributed by atoms with Gasteiger partial charge < -0.3 is 10.0 Å². The van der Waals surface area contributed by atoms with Crippen molar-refractivity contribution in [1.82, 2.24) is 4.90 Å². The maximum absolute atomic E-state index is 11.0. The summed E-state index contributed by atoms with van der Waals surface area (Å²) < 4.78 is 0. The van der Waals surface area contributed by atoms with Gasteiger partial charge in [-0.1, -0.05) is 6.42 Å². The van der Waals surface area contributed by atoms with E-state index in [2.05, 4.69) is 0 Å². The number of amides is 1. The Morgan fingerprint density at radius 3 is 3.10 bits per heavy atom. The van der Waals surface area contributed by atoms with Crippen LogP contribution in [0.25, 0.3) is 0 Å². The van der Waals surface area contributed by atoms with Crippen molar-refractivity contribution in [3.05, 3.63) is 0 Å². The van der Waals surface area contributed by atoms with Gasteiger partial charge in [-0.05, 0) is 12.8 Å². The normalized spacial score (nSPS) is 37.7. The molecule has 0 spiro atoms. The Kier molecular flexibility index (Phi) is 1.20. The number of β-lactam (4-membered cyclic amide) rings is 1. The van der Waals surface area contributed by atoms with Gasteiger partial charge in [-0.15, -0.1) is 0 Å². The summed E-state index contributed by atoms with van der Waals surface area (Å²) in [6.07, 6.45) is 3.29. The molecule has 2 fully saturated rings. The molecule has 1 N–H and O–H groups in total. The Balaban J connectivity index is 2.08. The summed E-state index contributed by atoms with van der Waals surface area (Å²) in [4.78, 5) is 12.6. The van der Waals surface area contributed by atoms with Gasteiger partial charge in [0, 0.05) is 6.04 Å². The lowest BCUT2D eigenvalue weighted by Gasteiger charge is -2.42. The van der Waals surface area contributed by atoms with Gasteiger partial charge >= 0.3 is 0 Å². The predicted molar refractivity (Wildman–Crippen MR) is 35.1 cm³/mol. The average Bonchev–Trinajstić information content (AvgIpc) is 2.33. The van der Waals surface area contributed by atoms with Crippen LogP contribution in [0.15, 0.2) is 0 Å². The highest BCUT2D eigenvalue weighted by Gasteiger charge is 2.48. The molecule has 3 nitrogen and oxygen atoms in total. The van der Waals surface area contributed by atoms with Gasteiger partial charge in [0.2, 0.25) is 5.91 Å². The van der Waals surface area contributed by atoms with Gasteiger partial charge in [0.1, 0.15) is 6.73 Å². The molecule has 10 heavy (non-hydrogen) atoms. The lowest BCUT2D eigenvalue weighted by Crippen LogP contribution is -2.58. The van der Waals surface area contributed by atoms with Gasteiger partial charge in [-0.25, -0.2) is 0 Å². The monoisotopic (exact) mass is 141 g/mol. The maximum Gasteiger partial charge on any atom is 0.229 e. The zero-order chi connectivity index (χ0) is 7.14. The standard InChI is InChI=1S/C7H11NO2/c9-4-8-6-3-1-2-5(6)7(8)10/h5-6,9H,1-4H2/t5-,6+/m1/s1. The number of nitrogens with zero attached hydrogens (tertiary/aromatic N) is 1. The molecular formula is C7H11NO2. The number of carbonyl (C=O) groups excluding carboxylic acids is 1. The molecule has 0 bridgehead atoms. The smallest absolute Gasteiger partial charge is 0.229 e. The molecule has 2 atom stereocenters. The van der Waals surface area contributed by atoms with Crippen LogP contribution in [0.3, 0.4) is 0 Å². The van der Waals surface area contributed by atoms with E-state index in [1.165, 1.54) is 0 Å². The molecule has 2 aliphatic rings. The van der Waals surface area contributed by atoms with Crippen LogP contribution in [0.4, 0.5) is 0 Å². The minimum absolute atomic E-state index is 0.0833. The van der Waals surface area contributed by atoms with Gasteiger partial charge in [-0.2, -0.15) is 0 Å². The number of fused-ring (bicyclic) bond motifs is 1. The first-order valence-electron chi connectivity index (χ1n) is 3.76. The van der Waals surface area contributed by atoms with Gasteiger partial charge in [-0.3, -0.25) is 4.79 Å². The number of rotatable bonds is 1. The first-order chi connectivity index (χ1) is 4.84. The maximum atomic E-state index is 11.0. The molecule has 0 aromatic heterocycles. The van der Waals surface area contributed by atoms with Crippen molar-refractivity contribution in [2.45, 2.75) is 25.3 Å². The minimum atomic E-state index is -0.0833. The van der Waals surface area contributed by atoms with Crippen LogP contribution in [0.5, 0.6) is 0 Å². The van der Waals surface area contributed by atoms with E-state index >= 15 is 0 Å². The van der Waals surface area contributed by atoms with E-state index in [0.29, 0.717) is 6.04 Å². The molecule has 0 aromatic rings. The largest absolute Gasteiger partial charge is 0.376 e. The van der Waals surface area contributed by atoms with Crippen molar-refractivity contribution >= 4 is 5.91 Å². The minimum Gasteiger partial charge on any atom is -0.376 e. The second-order valence-electron chi connectivity index (χ2n) is 3.05. The molecule has 0 unspecified atom stereocenters. The van der Waals surface area contributed by atoms with E-state index in [9.17, 15) is 4.79 Å². The lowest BCUT2D eigenvalue weighted by atomic mass is 9.92. The summed E-state index contributed by atoms with van der Waals surface area (Å²) in [5, 5.41) is 8.71. The Labute approximate surface area is 59.6 Å². The van der Waals surface area contributed by atoms with E-state index < -0.39 is 0 Å². The fourth-order valence-electron chi connectivity index (χ4n) is 2.07. The highest BCUT2D eigenvalue weighted by Crippen LogP contribution is 2.39. The Hall–Kier alpha value is -0.570. The van der Waals surface area contributed by atoms with Crippen LogP contribution >= 0.6 is 0 Å². The summed E-state index contributed by atoms with van der Waals surface area (Å²) in [6.45, 7) is -0.0833. The molecule has 0 aromatic carbocycles. The number of aliphatic hydroxyl groups excluding tert-OH is 1. The van der Waals surface area contributed by atoms with Crippen LogP contribution in [0, 0.1) is 5.92 Å². The van der Waals surface area contributed by atoms with E-state index in [1.807, 2.05) is 0 Å². The second-order valence-corrected chi connectivity index (χ2v) is 3.05. The zero-order valence-corrected chi connectivity index (χ0v) is 5.79. The van der Waals surface area contributed by atoms with Gasteiger partial charge in [0.05, 0.1) is 5.92 Å². The Morgan fingerprint density at radius 1 is 1.60 bits per heavy atom. The topological polar surface area (TPSA) is 40.5 Å². The van der Waals surface area contributed by atoms with Crippen molar-refractivity contribution in [3.8, 4) is 0 Å². The number of likely N-dealkylation sites (tertiary alicyclic amines) is 1. The summed E-state index contributed by atoms with van der Waals surface area (Å²) in [5.74, 6) is 0.428. The van der Waals surface area contributed by atoms with Crippen LogP contribution in [0.1, 0.15) is 19.3 Å². The second kappa shape index (κ2) is 1.95. The number of hydrogen-bond donors (Lipinski definition) is 1. The van der Waals surface area contributed by atoms with Crippen molar-refractivity contribution in [2.75, 3.05) is 6.73 Å². The Morgan fingerprint density at radius 2 is 2.40 bits per heavy atom. The van der Waals surface area contributed by atoms with Crippen molar-refractivity contribution < 1.29 is 9.90 Å². The van der Waals surface area contributed by atoms with Crippen LogP contribution in [-0.4, -0.2) is 28.7 Å². The number of aliphatic hydroxyl groups is 1. The molecule has 1 heterocycles. The fraction of sp³-hybridized carbons (Fsp3) is 0.857. The van der Waals surface area contributed by atoms with E-state index in [-0.39, 0.29) is 18.6 Å². The Bertz CT molecular complexity index is 169. The third kappa shape index (κ3) is 0.560. The van der Waals surface area contributed by atoms with E-state index in [1.54, 1.807) is 4.90 Å². The van der Waals surface area contributed by atoms with Gasteiger partial charge in [0.15, 0.2) is 0 Å². The summed E-state index contributed by atoms with van der Waals surface area (Å²) in [5.41, 5.74) is 0. The van der Waals surface area contributed by atoms with E-state index in [0.717, 1.165) is 19.3 Å². The first-order valence-corrected chi connectivity index (χ1v) is 3.76. The van der Waals surface area contributed by atoms with Crippen LogP contribution in [-0.2, 0) is 4.79 Å². The molecular weight excluding hydrogens is 130 g/mol. The average molecular weight is 141 g/mol. The third-order valence-electron chi connectivity index (χ3n) is 2.63. The molecule has 56 valence electrons. The van der Waals surface area contributed by atoms with Crippen molar-refractivity contribution in [1.29, 1.82) is 0 Å².